The molecule has 0 unspecified atom stereocenters. The van der Waals surface area contributed by atoms with Crippen LogP contribution in [0.1, 0.15) is 10.4 Å². The van der Waals surface area contributed by atoms with Crippen molar-refractivity contribution < 1.29 is 13.9 Å². The number of nitrogens with zero attached hydrogens (tertiary/aromatic N) is 1. The van der Waals surface area contributed by atoms with E-state index in [2.05, 4.69) is 10.3 Å². The molecule has 0 fully saturated rings. The fraction of sp³-hybridized carbons (Fsp3) is 0.0769. The van der Waals surface area contributed by atoms with Crippen molar-refractivity contribution in [3.05, 3.63) is 53.1 Å². The van der Waals surface area contributed by atoms with Crippen LogP contribution in [0.4, 0.5) is 10.1 Å². The Kier molecular flexibility index (Phi) is 3.97. The van der Waals surface area contributed by atoms with Crippen molar-refractivity contribution >= 4 is 23.2 Å². The lowest BCUT2D eigenvalue weighted by molar-refractivity contribution is 0.102. The number of halogens is 2. The van der Waals surface area contributed by atoms with E-state index >= 15 is 0 Å². The lowest BCUT2D eigenvalue weighted by Gasteiger charge is -2.09. The number of hydrogen-bond donors (Lipinski definition) is 1. The normalized spacial score (nSPS) is 10.1. The first-order valence-corrected chi connectivity index (χ1v) is 5.74. The number of hydrogen-bond acceptors (Lipinski definition) is 3. The first-order valence-electron chi connectivity index (χ1n) is 5.36. The van der Waals surface area contributed by atoms with Crippen molar-refractivity contribution in [3.63, 3.8) is 0 Å². The van der Waals surface area contributed by atoms with Crippen LogP contribution in [0.15, 0.2) is 36.5 Å². The second kappa shape index (κ2) is 5.67. The Labute approximate surface area is 114 Å². The van der Waals surface area contributed by atoms with Crippen molar-refractivity contribution in [3.8, 4) is 5.75 Å². The molecule has 2 rings (SSSR count). The Balaban J connectivity index is 2.23. The SMILES string of the molecule is COc1ccc(Cl)c(NC(=O)c2ccnc(F)c2)c1. The second-order valence-corrected chi connectivity index (χ2v) is 4.07. The molecule has 0 radical (unpaired) electrons. The van der Waals surface area contributed by atoms with Crippen LogP contribution in [0.3, 0.4) is 0 Å². The van der Waals surface area contributed by atoms with E-state index in [1.54, 1.807) is 18.2 Å². The summed E-state index contributed by atoms with van der Waals surface area (Å²) in [6, 6.07) is 7.31. The zero-order valence-corrected chi connectivity index (χ0v) is 10.7. The van der Waals surface area contributed by atoms with Gasteiger partial charge in [0.05, 0.1) is 17.8 Å². The van der Waals surface area contributed by atoms with Gasteiger partial charge in [-0.15, -0.1) is 0 Å². The molecule has 1 heterocycles. The molecule has 0 bridgehead atoms. The van der Waals surface area contributed by atoms with E-state index in [9.17, 15) is 9.18 Å². The number of aromatic nitrogens is 1. The average molecular weight is 281 g/mol. The van der Waals surface area contributed by atoms with E-state index < -0.39 is 11.9 Å². The van der Waals surface area contributed by atoms with Crippen molar-refractivity contribution in [1.82, 2.24) is 4.98 Å². The highest BCUT2D eigenvalue weighted by molar-refractivity contribution is 6.34. The summed E-state index contributed by atoms with van der Waals surface area (Å²) in [4.78, 5) is 15.3. The van der Waals surface area contributed by atoms with Gasteiger partial charge in [0.1, 0.15) is 5.75 Å². The Hall–Kier alpha value is -2.14. The molecule has 0 aliphatic heterocycles. The quantitative estimate of drug-likeness (QED) is 0.879. The number of anilines is 1. The number of ether oxygens (including phenoxy) is 1. The molecule has 1 aromatic carbocycles. The van der Waals surface area contributed by atoms with Gasteiger partial charge < -0.3 is 10.1 Å². The largest absolute Gasteiger partial charge is 0.497 e. The van der Waals surface area contributed by atoms with E-state index in [-0.39, 0.29) is 5.56 Å². The predicted octanol–water partition coefficient (Wildman–Crippen LogP) is 3.14. The summed E-state index contributed by atoms with van der Waals surface area (Å²) in [7, 11) is 1.51. The highest BCUT2D eigenvalue weighted by Crippen LogP contribution is 2.27. The first kappa shape index (κ1) is 13.3. The summed E-state index contributed by atoms with van der Waals surface area (Å²) in [5, 5.41) is 2.95. The molecule has 0 saturated carbocycles. The summed E-state index contributed by atoms with van der Waals surface area (Å²) in [6.07, 6.45) is 1.22. The van der Waals surface area contributed by atoms with Crippen LogP contribution < -0.4 is 10.1 Å². The lowest BCUT2D eigenvalue weighted by Crippen LogP contribution is -2.12. The van der Waals surface area contributed by atoms with Gasteiger partial charge in [-0.05, 0) is 18.2 Å². The number of carbonyl (C=O) groups is 1. The predicted molar refractivity (Wildman–Crippen MR) is 70.2 cm³/mol. The van der Waals surface area contributed by atoms with Crippen molar-refractivity contribution in [2.45, 2.75) is 0 Å². The monoisotopic (exact) mass is 280 g/mol. The maximum absolute atomic E-state index is 12.9. The number of amides is 1. The minimum atomic E-state index is -0.718. The summed E-state index contributed by atoms with van der Waals surface area (Å²) >= 11 is 5.96. The number of pyridine rings is 1. The van der Waals surface area contributed by atoms with Gasteiger partial charge in [-0.1, -0.05) is 11.6 Å². The fourth-order valence-corrected chi connectivity index (χ4v) is 1.63. The molecule has 98 valence electrons. The molecule has 19 heavy (non-hydrogen) atoms. The van der Waals surface area contributed by atoms with Crippen LogP contribution in [0.5, 0.6) is 5.75 Å². The zero-order valence-electron chi connectivity index (χ0n) is 9.98. The number of nitrogens with one attached hydrogen (secondary N) is 1. The van der Waals surface area contributed by atoms with Crippen LogP contribution in [0, 0.1) is 5.95 Å². The van der Waals surface area contributed by atoms with Crippen LogP contribution >= 0.6 is 11.6 Å². The number of benzene rings is 1. The Morgan fingerprint density at radius 2 is 2.16 bits per heavy atom. The molecule has 1 aromatic heterocycles. The Morgan fingerprint density at radius 3 is 2.84 bits per heavy atom. The van der Waals surface area contributed by atoms with E-state index in [0.717, 1.165) is 6.07 Å². The topological polar surface area (TPSA) is 51.2 Å². The van der Waals surface area contributed by atoms with E-state index in [1.165, 1.54) is 19.4 Å². The molecule has 0 aliphatic rings. The number of carbonyl (C=O) groups excluding carboxylic acids is 1. The molecular formula is C13H10ClFN2O2. The van der Waals surface area contributed by atoms with Gasteiger partial charge in [0.15, 0.2) is 0 Å². The Morgan fingerprint density at radius 1 is 1.37 bits per heavy atom. The second-order valence-electron chi connectivity index (χ2n) is 3.67. The maximum Gasteiger partial charge on any atom is 0.255 e. The molecule has 1 N–H and O–H groups in total. The lowest BCUT2D eigenvalue weighted by atomic mass is 10.2. The highest BCUT2D eigenvalue weighted by Gasteiger charge is 2.10. The standard InChI is InChI=1S/C13H10ClFN2O2/c1-19-9-2-3-10(14)11(7-9)17-13(18)8-4-5-16-12(15)6-8/h2-7H,1H3,(H,17,18). The summed E-state index contributed by atoms with van der Waals surface area (Å²) < 4.78 is 18.0. The summed E-state index contributed by atoms with van der Waals surface area (Å²) in [5.41, 5.74) is 0.551. The molecule has 0 aliphatic carbocycles. The van der Waals surface area contributed by atoms with Gasteiger partial charge >= 0.3 is 0 Å². The van der Waals surface area contributed by atoms with Crippen LogP contribution in [0.25, 0.3) is 0 Å². The van der Waals surface area contributed by atoms with Crippen LogP contribution in [-0.2, 0) is 0 Å². The minimum Gasteiger partial charge on any atom is -0.497 e. The Bertz CT molecular complexity index is 619. The molecule has 6 heteroatoms. The third kappa shape index (κ3) is 3.20. The first-order chi connectivity index (χ1) is 9.10. The molecule has 0 saturated heterocycles. The van der Waals surface area contributed by atoms with Gasteiger partial charge in [-0.2, -0.15) is 4.39 Å². The van der Waals surface area contributed by atoms with Gasteiger partial charge in [-0.3, -0.25) is 4.79 Å². The van der Waals surface area contributed by atoms with Gasteiger partial charge in [0, 0.05) is 23.9 Å². The molecule has 4 nitrogen and oxygen atoms in total. The van der Waals surface area contributed by atoms with Crippen molar-refractivity contribution in [2.75, 3.05) is 12.4 Å². The van der Waals surface area contributed by atoms with Gasteiger partial charge in [0.25, 0.3) is 5.91 Å². The van der Waals surface area contributed by atoms with Gasteiger partial charge in [0.2, 0.25) is 5.95 Å². The third-order valence-corrected chi connectivity index (χ3v) is 2.74. The van der Waals surface area contributed by atoms with E-state index in [0.29, 0.717) is 16.5 Å². The molecule has 0 atom stereocenters. The van der Waals surface area contributed by atoms with Crippen LogP contribution in [-0.4, -0.2) is 18.0 Å². The van der Waals surface area contributed by atoms with Crippen molar-refractivity contribution in [2.24, 2.45) is 0 Å². The van der Waals surface area contributed by atoms with Crippen molar-refractivity contribution in [1.29, 1.82) is 0 Å². The summed E-state index contributed by atoms with van der Waals surface area (Å²) in [6.45, 7) is 0. The number of rotatable bonds is 3. The highest BCUT2D eigenvalue weighted by atomic mass is 35.5. The molecular weight excluding hydrogens is 271 g/mol. The third-order valence-electron chi connectivity index (χ3n) is 2.41. The molecule has 2 aromatic rings. The molecule has 1 amide bonds. The summed E-state index contributed by atoms with van der Waals surface area (Å²) in [5.74, 6) is -0.638. The van der Waals surface area contributed by atoms with E-state index in [1.807, 2.05) is 0 Å². The van der Waals surface area contributed by atoms with Crippen LogP contribution in [0.2, 0.25) is 5.02 Å². The maximum atomic E-state index is 12.9. The zero-order chi connectivity index (χ0) is 13.8. The van der Waals surface area contributed by atoms with E-state index in [4.69, 9.17) is 16.3 Å². The fourth-order valence-electron chi connectivity index (χ4n) is 1.47. The molecule has 0 spiro atoms. The average Bonchev–Trinajstić information content (AvgIpc) is 2.41. The minimum absolute atomic E-state index is 0.159. The van der Waals surface area contributed by atoms with Gasteiger partial charge in [-0.25, -0.2) is 4.98 Å². The smallest absolute Gasteiger partial charge is 0.255 e. The number of methoxy groups -OCH3 is 1.